The highest BCUT2D eigenvalue weighted by atomic mass is 19.4. The van der Waals surface area contributed by atoms with Gasteiger partial charge in [0, 0.05) is 36.8 Å². The topological polar surface area (TPSA) is 61.4 Å². The zero-order valence-corrected chi connectivity index (χ0v) is 15.2. The van der Waals surface area contributed by atoms with Gasteiger partial charge in [-0.3, -0.25) is 4.79 Å². The molecule has 0 saturated carbocycles. The Kier molecular flexibility index (Phi) is 5.58. The summed E-state index contributed by atoms with van der Waals surface area (Å²) in [6.45, 7) is 2.69. The van der Waals surface area contributed by atoms with E-state index in [1.807, 2.05) is 31.2 Å². The number of anilines is 2. The molecule has 1 fully saturated rings. The Morgan fingerprint density at radius 2 is 1.89 bits per heavy atom. The van der Waals surface area contributed by atoms with Crippen molar-refractivity contribution in [3.63, 3.8) is 0 Å². The number of carbonyl (C=O) groups excluding carboxylic acids is 2. The van der Waals surface area contributed by atoms with E-state index in [0.29, 0.717) is 13.0 Å². The minimum Gasteiger partial charge on any atom is -0.338 e. The zero-order chi connectivity index (χ0) is 20.3. The lowest BCUT2D eigenvalue weighted by atomic mass is 10.1. The SMILES string of the molecule is Cc1ccc(N2C[C@@H](CNC(=O)Nc3cccc(C(F)(F)F)c3)CC2=O)cc1. The zero-order valence-electron chi connectivity index (χ0n) is 15.2. The number of carbonyl (C=O) groups is 2. The number of alkyl halides is 3. The molecular weight excluding hydrogens is 371 g/mol. The summed E-state index contributed by atoms with van der Waals surface area (Å²) in [6, 6.07) is 11.4. The molecule has 0 radical (unpaired) electrons. The molecule has 3 rings (SSSR count). The van der Waals surface area contributed by atoms with E-state index < -0.39 is 17.8 Å². The highest BCUT2D eigenvalue weighted by Crippen LogP contribution is 2.30. The van der Waals surface area contributed by atoms with Crippen molar-refractivity contribution in [1.82, 2.24) is 5.32 Å². The van der Waals surface area contributed by atoms with Gasteiger partial charge < -0.3 is 15.5 Å². The van der Waals surface area contributed by atoms with Gasteiger partial charge >= 0.3 is 12.2 Å². The fourth-order valence-electron chi connectivity index (χ4n) is 3.08. The molecule has 2 aromatic carbocycles. The minimum absolute atomic E-state index is 0.0195. The van der Waals surface area contributed by atoms with Crippen LogP contribution >= 0.6 is 0 Å². The van der Waals surface area contributed by atoms with Crippen LogP contribution in [-0.2, 0) is 11.0 Å². The number of amides is 3. The second kappa shape index (κ2) is 7.92. The summed E-state index contributed by atoms with van der Waals surface area (Å²) in [5.74, 6) is -0.0880. The first kappa shape index (κ1) is 19.7. The lowest BCUT2D eigenvalue weighted by Gasteiger charge is -2.17. The summed E-state index contributed by atoms with van der Waals surface area (Å²) >= 11 is 0. The summed E-state index contributed by atoms with van der Waals surface area (Å²) in [4.78, 5) is 25.9. The van der Waals surface area contributed by atoms with Gasteiger partial charge in [0.2, 0.25) is 5.91 Å². The summed E-state index contributed by atoms with van der Waals surface area (Å²) in [5, 5.41) is 5.01. The molecule has 1 saturated heterocycles. The molecule has 1 atom stereocenters. The maximum Gasteiger partial charge on any atom is 0.416 e. The molecule has 3 amide bonds. The molecular formula is C20H20F3N3O2. The highest BCUT2D eigenvalue weighted by molar-refractivity contribution is 5.96. The summed E-state index contributed by atoms with van der Waals surface area (Å²) in [7, 11) is 0. The first-order chi connectivity index (χ1) is 13.2. The van der Waals surface area contributed by atoms with Gasteiger partial charge in [0.05, 0.1) is 5.56 Å². The minimum atomic E-state index is -4.47. The Bertz CT molecular complexity index is 866. The van der Waals surface area contributed by atoms with Crippen LogP contribution < -0.4 is 15.5 Å². The molecule has 0 aromatic heterocycles. The highest BCUT2D eigenvalue weighted by Gasteiger charge is 2.31. The van der Waals surface area contributed by atoms with Gasteiger partial charge in [0.15, 0.2) is 0 Å². The first-order valence-corrected chi connectivity index (χ1v) is 8.81. The Labute approximate surface area is 160 Å². The normalized spacial score (nSPS) is 16.9. The van der Waals surface area contributed by atoms with Gasteiger partial charge in [-0.1, -0.05) is 23.8 Å². The monoisotopic (exact) mass is 391 g/mol. The molecule has 2 N–H and O–H groups in total. The molecule has 0 aliphatic carbocycles. The molecule has 148 valence electrons. The summed E-state index contributed by atoms with van der Waals surface area (Å²) < 4.78 is 38.2. The third kappa shape index (κ3) is 4.82. The van der Waals surface area contributed by atoms with Crippen LogP contribution in [0.1, 0.15) is 17.5 Å². The standard InChI is InChI=1S/C20H20F3N3O2/c1-13-5-7-17(8-6-13)26-12-14(9-18(26)27)11-24-19(28)25-16-4-2-3-15(10-16)20(21,22)23/h2-8,10,14H,9,11-12H2,1H3,(H2,24,25,28)/t14-/m1/s1. The maximum absolute atomic E-state index is 12.7. The van der Waals surface area contributed by atoms with Crippen LogP contribution in [0.4, 0.5) is 29.3 Å². The second-order valence-corrected chi connectivity index (χ2v) is 6.82. The molecule has 1 heterocycles. The lowest BCUT2D eigenvalue weighted by molar-refractivity contribution is -0.137. The van der Waals surface area contributed by atoms with Gasteiger partial charge in [-0.2, -0.15) is 13.2 Å². The second-order valence-electron chi connectivity index (χ2n) is 6.82. The Morgan fingerprint density at radius 3 is 2.57 bits per heavy atom. The van der Waals surface area contributed by atoms with Crippen LogP contribution in [0.2, 0.25) is 0 Å². The average molecular weight is 391 g/mol. The van der Waals surface area contributed by atoms with E-state index in [0.717, 1.165) is 23.4 Å². The predicted molar refractivity (Wildman–Crippen MR) is 100 cm³/mol. The predicted octanol–water partition coefficient (Wildman–Crippen LogP) is 4.19. The number of nitrogens with one attached hydrogen (secondary N) is 2. The number of aryl methyl sites for hydroxylation is 1. The molecule has 2 aromatic rings. The number of benzene rings is 2. The van der Waals surface area contributed by atoms with Crippen molar-refractivity contribution < 1.29 is 22.8 Å². The van der Waals surface area contributed by atoms with Crippen LogP contribution in [0.3, 0.4) is 0 Å². The van der Waals surface area contributed by atoms with E-state index in [1.54, 1.807) is 4.90 Å². The third-order valence-corrected chi connectivity index (χ3v) is 4.55. The van der Waals surface area contributed by atoms with Gasteiger partial charge in [-0.15, -0.1) is 0 Å². The van der Waals surface area contributed by atoms with Crippen molar-refractivity contribution in [2.24, 2.45) is 5.92 Å². The Morgan fingerprint density at radius 1 is 1.18 bits per heavy atom. The number of hydrogen-bond acceptors (Lipinski definition) is 2. The van der Waals surface area contributed by atoms with E-state index in [-0.39, 0.29) is 24.1 Å². The van der Waals surface area contributed by atoms with Crippen molar-refractivity contribution >= 4 is 23.3 Å². The largest absolute Gasteiger partial charge is 0.416 e. The van der Waals surface area contributed by atoms with Crippen LogP contribution in [0.15, 0.2) is 48.5 Å². The number of rotatable bonds is 4. The van der Waals surface area contributed by atoms with Gasteiger partial charge in [-0.05, 0) is 37.3 Å². The van der Waals surface area contributed by atoms with Crippen molar-refractivity contribution in [3.8, 4) is 0 Å². The van der Waals surface area contributed by atoms with E-state index in [9.17, 15) is 22.8 Å². The van der Waals surface area contributed by atoms with Crippen LogP contribution in [-0.4, -0.2) is 25.0 Å². The summed E-state index contributed by atoms with van der Waals surface area (Å²) in [6.07, 6.45) is -4.17. The third-order valence-electron chi connectivity index (χ3n) is 4.55. The number of halogens is 3. The molecule has 0 unspecified atom stereocenters. The summed E-state index contributed by atoms with van der Waals surface area (Å²) in [5.41, 5.74) is 1.13. The fourth-order valence-corrected chi connectivity index (χ4v) is 3.08. The molecule has 8 heteroatoms. The number of hydrogen-bond donors (Lipinski definition) is 2. The van der Waals surface area contributed by atoms with Gasteiger partial charge in [0.25, 0.3) is 0 Å². The van der Waals surface area contributed by atoms with Crippen molar-refractivity contribution in [2.75, 3.05) is 23.3 Å². The van der Waals surface area contributed by atoms with Gasteiger partial charge in [0.1, 0.15) is 0 Å². The van der Waals surface area contributed by atoms with Crippen molar-refractivity contribution in [1.29, 1.82) is 0 Å². The average Bonchev–Trinajstić information content (AvgIpc) is 3.01. The number of urea groups is 1. The maximum atomic E-state index is 12.7. The molecule has 0 bridgehead atoms. The van der Waals surface area contributed by atoms with E-state index in [2.05, 4.69) is 10.6 Å². The quantitative estimate of drug-likeness (QED) is 0.821. The van der Waals surface area contributed by atoms with Crippen LogP contribution in [0, 0.1) is 12.8 Å². The first-order valence-electron chi connectivity index (χ1n) is 8.81. The molecule has 1 aliphatic rings. The Hall–Kier alpha value is -3.03. The molecule has 5 nitrogen and oxygen atoms in total. The molecule has 0 spiro atoms. The number of nitrogens with zero attached hydrogens (tertiary/aromatic N) is 1. The molecule has 28 heavy (non-hydrogen) atoms. The van der Waals surface area contributed by atoms with Gasteiger partial charge in [-0.25, -0.2) is 4.79 Å². The van der Waals surface area contributed by atoms with Crippen LogP contribution in [0.25, 0.3) is 0 Å². The van der Waals surface area contributed by atoms with E-state index in [4.69, 9.17) is 0 Å². The van der Waals surface area contributed by atoms with Crippen LogP contribution in [0.5, 0.6) is 0 Å². The Balaban J connectivity index is 1.53. The van der Waals surface area contributed by atoms with E-state index >= 15 is 0 Å². The molecule has 1 aliphatic heterocycles. The smallest absolute Gasteiger partial charge is 0.338 e. The van der Waals surface area contributed by atoms with Crippen molar-refractivity contribution in [2.45, 2.75) is 19.5 Å². The van der Waals surface area contributed by atoms with E-state index in [1.165, 1.54) is 12.1 Å². The van der Waals surface area contributed by atoms with Crippen molar-refractivity contribution in [3.05, 3.63) is 59.7 Å². The fraction of sp³-hybridized carbons (Fsp3) is 0.300. The lowest BCUT2D eigenvalue weighted by Crippen LogP contribution is -2.34.